The monoisotopic (exact) mass is 318 g/mol. The first kappa shape index (κ1) is 12.4. The molecule has 0 unspecified atom stereocenters. The topological polar surface area (TPSA) is 35.6 Å². The molecule has 0 fully saturated rings. The van der Waals surface area contributed by atoms with E-state index in [0.29, 0.717) is 0 Å². The third-order valence-electron chi connectivity index (χ3n) is 3.65. The number of aryl methyl sites for hydroxylation is 3. The molecule has 0 spiro atoms. The normalized spacial score (nSPS) is 11.4. The van der Waals surface area contributed by atoms with Crippen LogP contribution in [0.25, 0.3) is 22.3 Å². The first-order valence-corrected chi connectivity index (χ1v) is 6.90. The van der Waals surface area contributed by atoms with E-state index in [1.807, 2.05) is 27.9 Å². The van der Waals surface area contributed by atoms with E-state index in [0.717, 1.165) is 38.5 Å². The van der Waals surface area contributed by atoms with Crippen LogP contribution >= 0.6 is 15.9 Å². The van der Waals surface area contributed by atoms with Crippen molar-refractivity contribution in [3.8, 4) is 11.3 Å². The molecule has 0 atom stereocenters. The van der Waals surface area contributed by atoms with E-state index in [2.05, 4.69) is 53.2 Å². The van der Waals surface area contributed by atoms with Crippen LogP contribution in [-0.4, -0.2) is 19.1 Å². The van der Waals surface area contributed by atoms with Crippen LogP contribution < -0.4 is 0 Å². The van der Waals surface area contributed by atoms with Crippen LogP contribution in [0.15, 0.2) is 22.8 Å². The zero-order valence-corrected chi connectivity index (χ0v) is 13.0. The zero-order valence-electron chi connectivity index (χ0n) is 11.4. The Kier molecular flexibility index (Phi) is 2.74. The quantitative estimate of drug-likeness (QED) is 0.689. The van der Waals surface area contributed by atoms with E-state index < -0.39 is 0 Å². The Morgan fingerprint density at radius 2 is 1.68 bits per heavy atom. The van der Waals surface area contributed by atoms with Gasteiger partial charge in [0.25, 0.3) is 0 Å². The Morgan fingerprint density at radius 1 is 1.00 bits per heavy atom. The lowest BCUT2D eigenvalue weighted by Crippen LogP contribution is -1.94. The van der Waals surface area contributed by atoms with E-state index >= 15 is 0 Å². The number of imidazole rings is 2. The Bertz CT molecular complexity index is 782. The number of fused-ring (bicyclic) bond motifs is 1. The summed E-state index contributed by atoms with van der Waals surface area (Å²) >= 11 is 3.53. The second-order valence-electron chi connectivity index (χ2n) is 4.78. The molecule has 0 aliphatic carbocycles. The van der Waals surface area contributed by atoms with Gasteiger partial charge in [-0.05, 0) is 41.9 Å². The first-order chi connectivity index (χ1) is 8.99. The van der Waals surface area contributed by atoms with Crippen molar-refractivity contribution in [1.82, 2.24) is 19.1 Å². The van der Waals surface area contributed by atoms with Crippen LogP contribution in [0.3, 0.4) is 0 Å². The van der Waals surface area contributed by atoms with Gasteiger partial charge < -0.3 is 9.13 Å². The van der Waals surface area contributed by atoms with Crippen LogP contribution in [0.4, 0.5) is 0 Å². The Balaban J connectivity index is 2.26. The van der Waals surface area contributed by atoms with Crippen molar-refractivity contribution in [2.45, 2.75) is 13.8 Å². The third-order valence-corrected chi connectivity index (χ3v) is 4.21. The molecular weight excluding hydrogens is 304 g/mol. The maximum atomic E-state index is 4.58. The standard InChI is InChI=1S/C14H15BrN4/c1-8-16-11-7-10(5-6-12(11)18(8)3)13-14(15)17-9(2)19(13)4/h5-7H,1-4H3. The summed E-state index contributed by atoms with van der Waals surface area (Å²) in [7, 11) is 4.06. The molecule has 0 aliphatic heterocycles. The molecule has 1 aromatic carbocycles. The summed E-state index contributed by atoms with van der Waals surface area (Å²) in [6, 6.07) is 6.34. The highest BCUT2D eigenvalue weighted by Crippen LogP contribution is 2.30. The largest absolute Gasteiger partial charge is 0.331 e. The minimum absolute atomic E-state index is 0.875. The smallest absolute Gasteiger partial charge is 0.132 e. The van der Waals surface area contributed by atoms with Gasteiger partial charge in [0.1, 0.15) is 16.3 Å². The second kappa shape index (κ2) is 4.20. The lowest BCUT2D eigenvalue weighted by atomic mass is 10.1. The summed E-state index contributed by atoms with van der Waals surface area (Å²) in [5, 5.41) is 0. The Morgan fingerprint density at radius 3 is 2.32 bits per heavy atom. The van der Waals surface area contributed by atoms with Crippen molar-refractivity contribution in [2.75, 3.05) is 0 Å². The summed E-state index contributed by atoms with van der Waals surface area (Å²) in [6.07, 6.45) is 0. The Hall–Kier alpha value is -1.62. The molecule has 5 heteroatoms. The summed E-state index contributed by atoms with van der Waals surface area (Å²) in [5.74, 6) is 2.01. The molecule has 0 saturated carbocycles. The van der Waals surface area contributed by atoms with Crippen molar-refractivity contribution < 1.29 is 0 Å². The average molecular weight is 319 g/mol. The minimum atomic E-state index is 0.875. The molecule has 2 aromatic heterocycles. The van der Waals surface area contributed by atoms with Crippen LogP contribution in [0.2, 0.25) is 0 Å². The van der Waals surface area contributed by atoms with E-state index in [9.17, 15) is 0 Å². The molecule has 0 bridgehead atoms. The second-order valence-corrected chi connectivity index (χ2v) is 5.53. The van der Waals surface area contributed by atoms with Crippen LogP contribution in [0, 0.1) is 13.8 Å². The maximum Gasteiger partial charge on any atom is 0.132 e. The van der Waals surface area contributed by atoms with E-state index in [4.69, 9.17) is 0 Å². The van der Waals surface area contributed by atoms with Crippen molar-refractivity contribution >= 4 is 27.0 Å². The lowest BCUT2D eigenvalue weighted by molar-refractivity contribution is 0.865. The third kappa shape index (κ3) is 1.80. The first-order valence-electron chi connectivity index (χ1n) is 6.11. The van der Waals surface area contributed by atoms with Gasteiger partial charge in [0.2, 0.25) is 0 Å². The molecule has 19 heavy (non-hydrogen) atoms. The number of benzene rings is 1. The van der Waals surface area contributed by atoms with Crippen molar-refractivity contribution in [1.29, 1.82) is 0 Å². The van der Waals surface area contributed by atoms with Crippen molar-refractivity contribution in [3.63, 3.8) is 0 Å². The minimum Gasteiger partial charge on any atom is -0.331 e. The lowest BCUT2D eigenvalue weighted by Gasteiger charge is -2.05. The molecule has 0 radical (unpaired) electrons. The van der Waals surface area contributed by atoms with E-state index in [1.165, 1.54) is 0 Å². The predicted molar refractivity (Wildman–Crippen MR) is 80.1 cm³/mol. The summed E-state index contributed by atoms with van der Waals surface area (Å²) in [5.41, 5.74) is 4.38. The molecule has 0 amide bonds. The molecule has 3 aromatic rings. The van der Waals surface area contributed by atoms with Gasteiger partial charge in [-0.1, -0.05) is 6.07 Å². The van der Waals surface area contributed by atoms with Gasteiger partial charge in [-0.15, -0.1) is 0 Å². The van der Waals surface area contributed by atoms with Gasteiger partial charge in [0.15, 0.2) is 0 Å². The van der Waals surface area contributed by atoms with E-state index in [-0.39, 0.29) is 0 Å². The highest BCUT2D eigenvalue weighted by Gasteiger charge is 2.13. The van der Waals surface area contributed by atoms with Crippen LogP contribution in [-0.2, 0) is 14.1 Å². The van der Waals surface area contributed by atoms with Crippen LogP contribution in [0.1, 0.15) is 11.6 Å². The molecule has 3 rings (SSSR count). The number of hydrogen-bond acceptors (Lipinski definition) is 2. The van der Waals surface area contributed by atoms with Gasteiger partial charge in [0.05, 0.1) is 16.7 Å². The highest BCUT2D eigenvalue weighted by molar-refractivity contribution is 9.10. The van der Waals surface area contributed by atoms with Gasteiger partial charge in [0, 0.05) is 19.7 Å². The molecular formula is C14H15BrN4. The maximum absolute atomic E-state index is 4.58. The predicted octanol–water partition coefficient (Wildman–Crippen LogP) is 3.35. The fraction of sp³-hybridized carbons (Fsp3) is 0.286. The molecule has 0 saturated heterocycles. The SMILES string of the molecule is Cc1nc(Br)c(-c2ccc3c(c2)nc(C)n3C)n1C. The Labute approximate surface area is 120 Å². The number of nitrogens with zero attached hydrogens (tertiary/aromatic N) is 4. The van der Waals surface area contributed by atoms with Crippen LogP contribution in [0.5, 0.6) is 0 Å². The molecule has 98 valence electrons. The fourth-order valence-electron chi connectivity index (χ4n) is 2.35. The molecule has 4 nitrogen and oxygen atoms in total. The number of halogens is 1. The van der Waals surface area contributed by atoms with Crippen molar-refractivity contribution in [2.24, 2.45) is 14.1 Å². The average Bonchev–Trinajstić information content (AvgIpc) is 2.78. The molecule has 2 heterocycles. The number of hydrogen-bond donors (Lipinski definition) is 0. The van der Waals surface area contributed by atoms with Gasteiger partial charge in [-0.25, -0.2) is 9.97 Å². The molecule has 0 N–H and O–H groups in total. The number of aromatic nitrogens is 4. The van der Waals surface area contributed by atoms with Gasteiger partial charge >= 0.3 is 0 Å². The van der Waals surface area contributed by atoms with E-state index in [1.54, 1.807) is 0 Å². The van der Waals surface area contributed by atoms with Gasteiger partial charge in [-0.3, -0.25) is 0 Å². The highest BCUT2D eigenvalue weighted by atomic mass is 79.9. The van der Waals surface area contributed by atoms with Gasteiger partial charge in [-0.2, -0.15) is 0 Å². The summed E-state index contributed by atoms with van der Waals surface area (Å²) < 4.78 is 5.06. The zero-order chi connectivity index (χ0) is 13.7. The summed E-state index contributed by atoms with van der Waals surface area (Å²) in [4.78, 5) is 9.03. The fourth-order valence-corrected chi connectivity index (χ4v) is 3.10. The number of rotatable bonds is 1. The van der Waals surface area contributed by atoms with Crippen molar-refractivity contribution in [3.05, 3.63) is 34.5 Å². The summed E-state index contributed by atoms with van der Waals surface area (Å²) in [6.45, 7) is 4.02. The molecule has 0 aliphatic rings.